The van der Waals surface area contributed by atoms with E-state index in [1.807, 2.05) is 6.92 Å². The summed E-state index contributed by atoms with van der Waals surface area (Å²) < 4.78 is 37.9. The molecule has 9 heteroatoms. The van der Waals surface area contributed by atoms with Crippen LogP contribution in [-0.2, 0) is 16.4 Å². The van der Waals surface area contributed by atoms with Crippen LogP contribution in [0.25, 0.3) is 10.2 Å². The number of rotatable bonds is 7. The average Bonchev–Trinajstić information content (AvgIpc) is 3.18. The Morgan fingerprint density at radius 2 is 2.00 bits per heavy atom. The second kappa shape index (κ2) is 7.77. The fourth-order valence-electron chi connectivity index (χ4n) is 2.65. The van der Waals surface area contributed by atoms with Gasteiger partial charge in [-0.05, 0) is 30.7 Å². The van der Waals surface area contributed by atoms with E-state index in [-0.39, 0.29) is 29.8 Å². The number of hydrogen-bond acceptors (Lipinski definition) is 5. The summed E-state index contributed by atoms with van der Waals surface area (Å²) in [5, 5.41) is 8.03. The lowest BCUT2D eigenvalue weighted by atomic mass is 10.2. The van der Waals surface area contributed by atoms with Crippen molar-refractivity contribution in [3.05, 3.63) is 52.3 Å². The molecule has 0 saturated heterocycles. The number of thiophene rings is 1. The molecule has 0 atom stereocenters. The number of sulfone groups is 1. The van der Waals surface area contributed by atoms with E-state index in [9.17, 15) is 17.6 Å². The van der Waals surface area contributed by atoms with Gasteiger partial charge in [0.25, 0.3) is 5.91 Å². The number of carbonyl (C=O) groups excluding carboxylic acids is 1. The Morgan fingerprint density at radius 1 is 1.30 bits per heavy atom. The van der Waals surface area contributed by atoms with E-state index in [1.54, 1.807) is 29.8 Å². The van der Waals surface area contributed by atoms with Crippen LogP contribution in [0.5, 0.6) is 0 Å². The van der Waals surface area contributed by atoms with E-state index >= 15 is 0 Å². The predicted molar refractivity (Wildman–Crippen MR) is 105 cm³/mol. The molecule has 27 heavy (non-hydrogen) atoms. The third-order valence-electron chi connectivity index (χ3n) is 4.22. The molecule has 0 radical (unpaired) electrons. The average molecular weight is 410 g/mol. The molecule has 0 bridgehead atoms. The smallest absolute Gasteiger partial charge is 0.261 e. The minimum atomic E-state index is -3.11. The number of amides is 1. The number of aromatic nitrogens is 2. The van der Waals surface area contributed by atoms with Gasteiger partial charge in [-0.25, -0.2) is 12.8 Å². The zero-order valence-corrected chi connectivity index (χ0v) is 16.7. The van der Waals surface area contributed by atoms with E-state index in [0.29, 0.717) is 11.4 Å². The van der Waals surface area contributed by atoms with Gasteiger partial charge >= 0.3 is 0 Å². The molecule has 3 rings (SSSR count). The Hall–Kier alpha value is -2.26. The third-order valence-corrected chi connectivity index (χ3v) is 7.07. The number of halogens is 1. The third kappa shape index (κ3) is 4.54. The SMILES string of the molecule is CCS(=O)(=O)CCNC(=O)c1cc2c(C)nn(Cc3ccc(F)cc3)c2s1. The van der Waals surface area contributed by atoms with Crippen molar-refractivity contribution in [3.63, 3.8) is 0 Å². The van der Waals surface area contributed by atoms with Gasteiger partial charge in [0.1, 0.15) is 10.6 Å². The molecule has 0 unspecified atom stereocenters. The summed E-state index contributed by atoms with van der Waals surface area (Å²) >= 11 is 1.30. The van der Waals surface area contributed by atoms with Gasteiger partial charge in [-0.3, -0.25) is 9.48 Å². The van der Waals surface area contributed by atoms with Gasteiger partial charge in [0.2, 0.25) is 0 Å². The van der Waals surface area contributed by atoms with Crippen molar-refractivity contribution < 1.29 is 17.6 Å². The lowest BCUT2D eigenvalue weighted by molar-refractivity contribution is 0.0960. The summed E-state index contributed by atoms with van der Waals surface area (Å²) in [6.45, 7) is 4.01. The molecule has 1 amide bonds. The number of aryl methyl sites for hydroxylation is 1. The van der Waals surface area contributed by atoms with Gasteiger partial charge in [0.05, 0.1) is 22.9 Å². The van der Waals surface area contributed by atoms with Gasteiger partial charge < -0.3 is 5.32 Å². The van der Waals surface area contributed by atoms with Crippen LogP contribution in [0.15, 0.2) is 30.3 Å². The molecular weight excluding hydrogens is 389 g/mol. The van der Waals surface area contributed by atoms with E-state index in [0.717, 1.165) is 21.5 Å². The van der Waals surface area contributed by atoms with Crippen LogP contribution >= 0.6 is 11.3 Å². The summed E-state index contributed by atoms with van der Waals surface area (Å²) in [7, 11) is -3.11. The molecule has 0 fully saturated rings. The number of benzene rings is 1. The van der Waals surface area contributed by atoms with Crippen molar-refractivity contribution in [2.75, 3.05) is 18.1 Å². The molecule has 144 valence electrons. The van der Waals surface area contributed by atoms with Crippen molar-refractivity contribution in [1.82, 2.24) is 15.1 Å². The molecular formula is C18H20FN3O3S2. The van der Waals surface area contributed by atoms with Crippen molar-refractivity contribution in [2.45, 2.75) is 20.4 Å². The van der Waals surface area contributed by atoms with Crippen molar-refractivity contribution in [2.24, 2.45) is 0 Å². The lowest BCUT2D eigenvalue weighted by Gasteiger charge is -2.04. The molecule has 0 aliphatic rings. The van der Waals surface area contributed by atoms with Gasteiger partial charge in [0, 0.05) is 17.7 Å². The van der Waals surface area contributed by atoms with Crippen LogP contribution in [0.1, 0.15) is 27.9 Å². The molecule has 2 aromatic heterocycles. The Bertz CT molecular complexity index is 1070. The fourth-order valence-corrected chi connectivity index (χ4v) is 4.43. The molecule has 6 nitrogen and oxygen atoms in total. The maximum Gasteiger partial charge on any atom is 0.261 e. The highest BCUT2D eigenvalue weighted by Gasteiger charge is 2.17. The molecule has 1 aromatic carbocycles. The summed E-state index contributed by atoms with van der Waals surface area (Å²) in [5.41, 5.74) is 1.71. The van der Waals surface area contributed by atoms with Gasteiger partial charge in [-0.2, -0.15) is 5.10 Å². The highest BCUT2D eigenvalue weighted by Crippen LogP contribution is 2.28. The Kier molecular flexibility index (Phi) is 5.61. The van der Waals surface area contributed by atoms with E-state index < -0.39 is 9.84 Å². The van der Waals surface area contributed by atoms with Crippen LogP contribution < -0.4 is 5.32 Å². The highest BCUT2D eigenvalue weighted by molar-refractivity contribution is 7.91. The first kappa shape index (κ1) is 19.5. The molecule has 1 N–H and O–H groups in total. The van der Waals surface area contributed by atoms with Crippen molar-refractivity contribution >= 4 is 37.3 Å². The summed E-state index contributed by atoms with van der Waals surface area (Å²) in [5.74, 6) is -0.599. The number of hydrogen-bond donors (Lipinski definition) is 1. The number of nitrogens with zero attached hydrogens (tertiary/aromatic N) is 2. The summed E-state index contributed by atoms with van der Waals surface area (Å²) in [6.07, 6.45) is 0. The molecule has 0 aliphatic carbocycles. The molecule has 2 heterocycles. The standard InChI is InChI=1S/C18H20FN3O3S2/c1-3-27(24,25)9-8-20-17(23)16-10-15-12(2)21-22(18(15)26-16)11-13-4-6-14(19)7-5-13/h4-7,10H,3,8-9,11H2,1-2H3,(H,20,23). The van der Waals surface area contributed by atoms with Crippen LogP contribution in [0, 0.1) is 12.7 Å². The summed E-state index contributed by atoms with van der Waals surface area (Å²) in [6, 6.07) is 7.98. The van der Waals surface area contributed by atoms with Gasteiger partial charge in [-0.1, -0.05) is 19.1 Å². The molecule has 0 saturated carbocycles. The maximum atomic E-state index is 13.1. The zero-order chi connectivity index (χ0) is 19.6. The van der Waals surface area contributed by atoms with Crippen molar-refractivity contribution in [3.8, 4) is 0 Å². The van der Waals surface area contributed by atoms with Crippen LogP contribution in [0.3, 0.4) is 0 Å². The minimum Gasteiger partial charge on any atom is -0.350 e. The number of fused-ring (bicyclic) bond motifs is 1. The second-order valence-corrected chi connectivity index (χ2v) is 9.69. The summed E-state index contributed by atoms with van der Waals surface area (Å²) in [4.78, 5) is 13.7. The molecule has 3 aromatic rings. The first-order valence-electron chi connectivity index (χ1n) is 8.49. The Balaban J connectivity index is 1.77. The van der Waals surface area contributed by atoms with Crippen molar-refractivity contribution in [1.29, 1.82) is 0 Å². The normalized spacial score (nSPS) is 11.8. The number of carbonyl (C=O) groups is 1. The Labute approximate surface area is 160 Å². The van der Waals surface area contributed by atoms with Crippen LogP contribution in [-0.4, -0.2) is 42.2 Å². The van der Waals surface area contributed by atoms with Gasteiger partial charge in [0.15, 0.2) is 9.84 Å². The fraction of sp³-hybridized carbons (Fsp3) is 0.333. The lowest BCUT2D eigenvalue weighted by Crippen LogP contribution is -2.29. The first-order chi connectivity index (χ1) is 12.8. The second-order valence-electron chi connectivity index (χ2n) is 6.19. The zero-order valence-electron chi connectivity index (χ0n) is 15.0. The highest BCUT2D eigenvalue weighted by atomic mass is 32.2. The van der Waals surface area contributed by atoms with E-state index in [1.165, 1.54) is 23.5 Å². The maximum absolute atomic E-state index is 13.1. The molecule has 0 spiro atoms. The van der Waals surface area contributed by atoms with Crippen LogP contribution in [0.2, 0.25) is 0 Å². The Morgan fingerprint density at radius 3 is 2.67 bits per heavy atom. The first-order valence-corrected chi connectivity index (χ1v) is 11.1. The van der Waals surface area contributed by atoms with E-state index in [4.69, 9.17) is 0 Å². The number of nitrogens with one attached hydrogen (secondary N) is 1. The van der Waals surface area contributed by atoms with Gasteiger partial charge in [-0.15, -0.1) is 11.3 Å². The topological polar surface area (TPSA) is 81.1 Å². The largest absolute Gasteiger partial charge is 0.350 e. The minimum absolute atomic E-state index is 0.0597. The monoisotopic (exact) mass is 409 g/mol. The quantitative estimate of drug-likeness (QED) is 0.651. The van der Waals surface area contributed by atoms with E-state index in [2.05, 4.69) is 10.4 Å². The van der Waals surface area contributed by atoms with Crippen LogP contribution in [0.4, 0.5) is 4.39 Å². The molecule has 0 aliphatic heterocycles. The predicted octanol–water partition coefficient (Wildman–Crippen LogP) is 2.76.